The Morgan fingerprint density at radius 2 is 1.48 bits per heavy atom. The number of thiocarbonyl (C=S) groups is 1. The molecular weight excluding hydrogens is 489 g/mol. The second-order valence-electron chi connectivity index (χ2n) is 6.90. The topological polar surface area (TPSA) is 102 Å². The molecule has 3 aromatic rings. The molecule has 0 saturated heterocycles. The number of aromatic nitrogens is 2. The average Bonchev–Trinajstić information content (AvgIpc) is 3.01. The van der Waals surface area contributed by atoms with E-state index in [0.29, 0.717) is 22.8 Å². The molecule has 0 fully saturated rings. The van der Waals surface area contributed by atoms with E-state index >= 15 is 0 Å². The first-order chi connectivity index (χ1) is 15.3. The van der Waals surface area contributed by atoms with Crippen LogP contribution in [0.3, 0.4) is 0 Å². The summed E-state index contributed by atoms with van der Waals surface area (Å²) >= 11 is 5.21. The van der Waals surface area contributed by atoms with Crippen molar-refractivity contribution in [2.75, 3.05) is 10.6 Å². The van der Waals surface area contributed by atoms with Crippen LogP contribution in [0, 0.1) is 42.9 Å². The van der Waals surface area contributed by atoms with Crippen molar-refractivity contribution in [3.05, 3.63) is 70.3 Å². The Morgan fingerprint density at radius 3 is 2.00 bits per heavy atom. The fraction of sp³-hybridized carbons (Fsp3) is 0.158. The molecule has 0 saturated carbocycles. The number of sulfonamides is 1. The molecule has 0 aliphatic carbocycles. The summed E-state index contributed by atoms with van der Waals surface area (Å²) in [6, 6.07) is 5.41. The number of halogens is 5. The molecule has 3 rings (SSSR count). The molecule has 0 aliphatic heterocycles. The lowest BCUT2D eigenvalue weighted by molar-refractivity contribution is 0.366. The minimum absolute atomic E-state index is 0.0698. The van der Waals surface area contributed by atoms with Crippen LogP contribution in [-0.4, -0.2) is 23.3 Å². The van der Waals surface area contributed by atoms with Gasteiger partial charge in [-0.15, -0.1) is 0 Å². The molecule has 0 radical (unpaired) electrons. The van der Waals surface area contributed by atoms with Gasteiger partial charge < -0.3 is 10.6 Å². The number of hydrogen-bond acceptors (Lipinski definition) is 4. The highest BCUT2D eigenvalue weighted by Gasteiger charge is 2.26. The van der Waals surface area contributed by atoms with Gasteiger partial charge in [-0.2, -0.15) is 5.10 Å². The Hall–Kier alpha value is -3.10. The summed E-state index contributed by atoms with van der Waals surface area (Å²) in [5.74, 6) is -10.2. The van der Waals surface area contributed by atoms with E-state index in [4.69, 9.17) is 17.4 Å². The fourth-order valence-corrected chi connectivity index (χ4v) is 3.71. The van der Waals surface area contributed by atoms with Crippen molar-refractivity contribution in [3.8, 4) is 0 Å². The maximum Gasteiger partial charge on any atom is 0.238 e. The van der Waals surface area contributed by atoms with Crippen LogP contribution in [0.15, 0.2) is 29.2 Å². The average molecular weight is 505 g/mol. The van der Waals surface area contributed by atoms with E-state index in [2.05, 4.69) is 15.7 Å². The van der Waals surface area contributed by atoms with E-state index in [1.807, 2.05) is 0 Å². The van der Waals surface area contributed by atoms with Crippen LogP contribution in [0.1, 0.15) is 17.0 Å². The zero-order valence-corrected chi connectivity index (χ0v) is 18.6. The van der Waals surface area contributed by atoms with E-state index in [1.165, 1.54) is 31.2 Å². The molecule has 14 heteroatoms. The second kappa shape index (κ2) is 9.03. The summed E-state index contributed by atoms with van der Waals surface area (Å²) in [5, 5.41) is 14.8. The van der Waals surface area contributed by atoms with Crippen LogP contribution in [0.25, 0.3) is 0 Å². The largest absolute Gasteiger partial charge is 0.332 e. The quantitative estimate of drug-likeness (QED) is 0.212. The predicted octanol–water partition coefficient (Wildman–Crippen LogP) is 3.70. The van der Waals surface area contributed by atoms with Crippen molar-refractivity contribution in [2.24, 2.45) is 5.14 Å². The predicted molar refractivity (Wildman–Crippen MR) is 115 cm³/mol. The van der Waals surface area contributed by atoms with Crippen molar-refractivity contribution < 1.29 is 30.4 Å². The summed E-state index contributed by atoms with van der Waals surface area (Å²) in [7, 11) is -3.85. The molecule has 7 nitrogen and oxygen atoms in total. The number of hydrogen-bond donors (Lipinski definition) is 3. The van der Waals surface area contributed by atoms with Gasteiger partial charge in [-0.3, -0.25) is 4.68 Å². The second-order valence-corrected chi connectivity index (χ2v) is 8.87. The van der Waals surface area contributed by atoms with Crippen LogP contribution in [-0.2, 0) is 16.6 Å². The van der Waals surface area contributed by atoms with Gasteiger partial charge in [0.2, 0.25) is 15.8 Å². The number of primary sulfonamides is 1. The van der Waals surface area contributed by atoms with Crippen molar-refractivity contribution in [1.82, 2.24) is 9.78 Å². The van der Waals surface area contributed by atoms with Crippen LogP contribution >= 0.6 is 12.2 Å². The lowest BCUT2D eigenvalue weighted by atomic mass is 10.1. The highest BCUT2D eigenvalue weighted by Crippen LogP contribution is 2.26. The van der Waals surface area contributed by atoms with Gasteiger partial charge in [-0.1, -0.05) is 0 Å². The van der Waals surface area contributed by atoms with Gasteiger partial charge in [0.1, 0.15) is 0 Å². The first-order valence-corrected chi connectivity index (χ1v) is 11.0. The molecule has 0 amide bonds. The molecule has 4 N–H and O–H groups in total. The number of nitrogens with two attached hydrogens (primary N) is 1. The summed E-state index contributed by atoms with van der Waals surface area (Å²) in [6.45, 7) is 2.35. The smallest absolute Gasteiger partial charge is 0.238 e. The fourth-order valence-electron chi connectivity index (χ4n) is 2.97. The number of benzene rings is 2. The van der Waals surface area contributed by atoms with Gasteiger partial charge in [0.05, 0.1) is 34.1 Å². The minimum atomic E-state index is -3.85. The summed E-state index contributed by atoms with van der Waals surface area (Å²) in [4.78, 5) is -0.0898. The summed E-state index contributed by atoms with van der Waals surface area (Å²) in [5.41, 5.74) is 0.399. The maximum atomic E-state index is 14.0. The standard InChI is InChI=1S/C19H16F5N5O2S2/c1-8-18(27-19(32)26-10-3-5-11(6-4-10)33(25,30)31)9(2)29(28-8)7-12-13(20)15(22)17(24)16(23)14(12)21/h3-6H,7H2,1-2H3,(H2,25,30,31)(H2,26,27,32). The number of anilines is 2. The van der Waals surface area contributed by atoms with E-state index in [-0.39, 0.29) is 10.0 Å². The molecule has 33 heavy (non-hydrogen) atoms. The third-order valence-corrected chi connectivity index (χ3v) is 5.80. The summed E-state index contributed by atoms with van der Waals surface area (Å²) < 4.78 is 92.0. The minimum Gasteiger partial charge on any atom is -0.332 e. The molecule has 1 heterocycles. The van der Waals surface area contributed by atoms with Gasteiger partial charge in [0.25, 0.3) is 0 Å². The highest BCUT2D eigenvalue weighted by molar-refractivity contribution is 7.89. The Morgan fingerprint density at radius 1 is 0.970 bits per heavy atom. The van der Waals surface area contributed by atoms with E-state index in [9.17, 15) is 30.4 Å². The zero-order valence-electron chi connectivity index (χ0n) is 17.0. The lowest BCUT2D eigenvalue weighted by Crippen LogP contribution is -2.20. The van der Waals surface area contributed by atoms with Crippen LogP contribution in [0.5, 0.6) is 0 Å². The van der Waals surface area contributed by atoms with Crippen LogP contribution in [0.4, 0.5) is 33.3 Å². The maximum absolute atomic E-state index is 14.0. The van der Waals surface area contributed by atoms with Crippen LogP contribution in [0.2, 0.25) is 0 Å². The Balaban J connectivity index is 1.81. The number of rotatable bonds is 5. The molecule has 0 atom stereocenters. The Bertz CT molecular complexity index is 1330. The van der Waals surface area contributed by atoms with Gasteiger partial charge in [0.15, 0.2) is 28.4 Å². The molecule has 0 aliphatic rings. The normalized spacial score (nSPS) is 11.5. The first-order valence-electron chi connectivity index (χ1n) is 9.06. The molecular formula is C19H16F5N5O2S2. The number of nitrogens with one attached hydrogen (secondary N) is 2. The molecule has 0 bridgehead atoms. The van der Waals surface area contributed by atoms with E-state index in [0.717, 1.165) is 4.68 Å². The molecule has 0 spiro atoms. The monoisotopic (exact) mass is 505 g/mol. The van der Waals surface area contributed by atoms with Crippen molar-refractivity contribution in [1.29, 1.82) is 0 Å². The van der Waals surface area contributed by atoms with Gasteiger partial charge in [-0.05, 0) is 50.3 Å². The van der Waals surface area contributed by atoms with Gasteiger partial charge >= 0.3 is 0 Å². The third kappa shape index (κ3) is 4.96. The van der Waals surface area contributed by atoms with Crippen molar-refractivity contribution >= 4 is 38.7 Å². The molecule has 2 aromatic carbocycles. The van der Waals surface area contributed by atoms with E-state index in [1.54, 1.807) is 6.92 Å². The van der Waals surface area contributed by atoms with E-state index < -0.39 is 51.2 Å². The molecule has 0 unspecified atom stereocenters. The summed E-state index contributed by atoms with van der Waals surface area (Å²) in [6.07, 6.45) is 0. The van der Waals surface area contributed by atoms with Crippen LogP contribution < -0.4 is 15.8 Å². The highest BCUT2D eigenvalue weighted by atomic mass is 32.2. The lowest BCUT2D eigenvalue weighted by Gasteiger charge is -2.12. The van der Waals surface area contributed by atoms with Gasteiger partial charge in [0, 0.05) is 5.69 Å². The number of nitrogens with zero attached hydrogens (tertiary/aromatic N) is 2. The third-order valence-electron chi connectivity index (χ3n) is 4.67. The zero-order chi connectivity index (χ0) is 24.7. The van der Waals surface area contributed by atoms with Crippen molar-refractivity contribution in [2.45, 2.75) is 25.3 Å². The van der Waals surface area contributed by atoms with Crippen molar-refractivity contribution in [3.63, 3.8) is 0 Å². The Kier molecular flexibility index (Phi) is 6.72. The Labute approximate surface area is 190 Å². The number of aryl methyl sites for hydroxylation is 1. The molecule has 1 aromatic heterocycles. The SMILES string of the molecule is Cc1nn(Cc2c(F)c(F)c(F)c(F)c2F)c(C)c1NC(=S)Nc1ccc(S(N)(=O)=O)cc1. The molecule has 176 valence electrons. The first kappa shape index (κ1) is 24.5. The van der Waals surface area contributed by atoms with Gasteiger partial charge in [-0.25, -0.2) is 35.5 Å².